The molecule has 0 bridgehead atoms. The van der Waals surface area contributed by atoms with E-state index in [-0.39, 0.29) is 11.9 Å². The molecule has 0 amide bonds. The Labute approximate surface area is 134 Å². The third-order valence-electron chi connectivity index (χ3n) is 2.84. The fourth-order valence-corrected chi connectivity index (χ4v) is 2.60. The van der Waals surface area contributed by atoms with Gasteiger partial charge in [-0.15, -0.1) is 0 Å². The van der Waals surface area contributed by atoms with Gasteiger partial charge >= 0.3 is 0 Å². The Morgan fingerprint density at radius 3 is 2.60 bits per heavy atom. The van der Waals surface area contributed by atoms with Crippen molar-refractivity contribution >= 4 is 31.9 Å². The van der Waals surface area contributed by atoms with Crippen molar-refractivity contribution in [3.05, 3.63) is 62.3 Å². The fourth-order valence-electron chi connectivity index (χ4n) is 1.80. The summed E-state index contributed by atoms with van der Waals surface area (Å²) in [6.45, 7) is 2.27. The van der Waals surface area contributed by atoms with Crippen LogP contribution in [0.25, 0.3) is 0 Å². The van der Waals surface area contributed by atoms with Crippen LogP contribution in [0.1, 0.15) is 24.1 Å². The Morgan fingerprint density at radius 1 is 1.20 bits per heavy atom. The molecule has 0 saturated heterocycles. The molecule has 0 spiro atoms. The van der Waals surface area contributed by atoms with E-state index in [1.165, 1.54) is 6.07 Å². The molecule has 1 unspecified atom stereocenters. The largest absolute Gasteiger partial charge is 0.489 e. The number of halogens is 3. The van der Waals surface area contributed by atoms with E-state index in [2.05, 4.69) is 31.9 Å². The Bertz CT molecular complexity index is 617. The molecule has 2 aromatic carbocycles. The molecule has 0 radical (unpaired) electrons. The van der Waals surface area contributed by atoms with Crippen molar-refractivity contribution in [3.8, 4) is 5.75 Å². The monoisotopic (exact) mass is 401 g/mol. The first-order valence-electron chi connectivity index (χ1n) is 6.09. The minimum absolute atomic E-state index is 0.123. The van der Waals surface area contributed by atoms with Gasteiger partial charge in [0.15, 0.2) is 0 Å². The highest BCUT2D eigenvalue weighted by Gasteiger charge is 2.09. The first-order chi connectivity index (χ1) is 9.47. The molecule has 0 heterocycles. The van der Waals surface area contributed by atoms with Crippen LogP contribution in [0.15, 0.2) is 45.3 Å². The molecule has 2 aromatic rings. The summed E-state index contributed by atoms with van der Waals surface area (Å²) in [6.07, 6.45) is 0. The molecule has 0 aliphatic heterocycles. The molecule has 0 aliphatic carbocycles. The number of nitrogens with two attached hydrogens (primary N) is 1. The van der Waals surface area contributed by atoms with E-state index in [0.717, 1.165) is 21.3 Å². The quantitative estimate of drug-likeness (QED) is 0.785. The van der Waals surface area contributed by atoms with E-state index >= 15 is 0 Å². The first-order valence-corrected chi connectivity index (χ1v) is 7.67. The molecule has 0 aromatic heterocycles. The molecule has 0 aliphatic rings. The summed E-state index contributed by atoms with van der Waals surface area (Å²) < 4.78 is 20.3. The summed E-state index contributed by atoms with van der Waals surface area (Å²) in [5, 5.41) is 0. The lowest BCUT2D eigenvalue weighted by Gasteiger charge is -2.14. The predicted octanol–water partition coefficient (Wildman–Crippen LogP) is 4.95. The van der Waals surface area contributed by atoms with Gasteiger partial charge in [-0.2, -0.15) is 0 Å². The van der Waals surface area contributed by atoms with Gasteiger partial charge in [0.1, 0.15) is 18.2 Å². The fraction of sp³-hybridized carbons (Fsp3) is 0.200. The minimum atomic E-state index is -0.284. The molecular weight excluding hydrogens is 389 g/mol. The van der Waals surface area contributed by atoms with Gasteiger partial charge in [0.25, 0.3) is 0 Å². The molecule has 20 heavy (non-hydrogen) atoms. The molecule has 2 rings (SSSR count). The molecule has 0 fully saturated rings. The molecule has 1 atom stereocenters. The molecule has 0 saturated carbocycles. The topological polar surface area (TPSA) is 35.2 Å². The lowest BCUT2D eigenvalue weighted by Crippen LogP contribution is -2.08. The maximum Gasteiger partial charge on any atom is 0.137 e. The van der Waals surface area contributed by atoms with Crippen molar-refractivity contribution in [3.63, 3.8) is 0 Å². The van der Waals surface area contributed by atoms with Crippen LogP contribution in [0.2, 0.25) is 0 Å². The van der Waals surface area contributed by atoms with Crippen molar-refractivity contribution in [1.82, 2.24) is 0 Å². The average Bonchev–Trinajstić information content (AvgIpc) is 2.41. The summed E-state index contributed by atoms with van der Waals surface area (Å²) in [6, 6.07) is 10.4. The van der Waals surface area contributed by atoms with E-state index in [4.69, 9.17) is 10.5 Å². The minimum Gasteiger partial charge on any atom is -0.489 e. The summed E-state index contributed by atoms with van der Waals surface area (Å²) >= 11 is 6.58. The highest BCUT2D eigenvalue weighted by Crippen LogP contribution is 2.28. The van der Waals surface area contributed by atoms with E-state index in [0.29, 0.717) is 11.1 Å². The highest BCUT2D eigenvalue weighted by atomic mass is 79.9. The van der Waals surface area contributed by atoms with E-state index in [9.17, 15) is 4.39 Å². The Balaban J connectivity index is 2.16. The van der Waals surface area contributed by atoms with Crippen LogP contribution >= 0.6 is 31.9 Å². The lowest BCUT2D eigenvalue weighted by molar-refractivity contribution is 0.301. The normalized spacial score (nSPS) is 12.2. The van der Waals surface area contributed by atoms with Crippen LogP contribution in [0.5, 0.6) is 5.75 Å². The van der Waals surface area contributed by atoms with Gasteiger partial charge in [-0.25, -0.2) is 4.39 Å². The zero-order valence-electron chi connectivity index (χ0n) is 10.9. The third-order valence-corrected chi connectivity index (χ3v) is 3.94. The third kappa shape index (κ3) is 3.81. The zero-order valence-corrected chi connectivity index (χ0v) is 14.0. The van der Waals surface area contributed by atoms with Crippen LogP contribution in [-0.2, 0) is 6.61 Å². The number of hydrogen-bond acceptors (Lipinski definition) is 2. The van der Waals surface area contributed by atoms with Gasteiger partial charge in [0.2, 0.25) is 0 Å². The van der Waals surface area contributed by atoms with Crippen LogP contribution in [0, 0.1) is 5.82 Å². The second-order valence-electron chi connectivity index (χ2n) is 4.51. The number of benzene rings is 2. The van der Waals surface area contributed by atoms with Gasteiger partial charge in [-0.05, 0) is 58.7 Å². The van der Waals surface area contributed by atoms with Gasteiger partial charge in [0, 0.05) is 16.1 Å². The van der Waals surface area contributed by atoms with Crippen molar-refractivity contribution in [2.75, 3.05) is 0 Å². The van der Waals surface area contributed by atoms with Gasteiger partial charge < -0.3 is 10.5 Å². The van der Waals surface area contributed by atoms with Gasteiger partial charge in [-0.1, -0.05) is 22.0 Å². The number of ether oxygens (including phenoxy) is 1. The summed E-state index contributed by atoms with van der Waals surface area (Å²) in [5.74, 6) is 0.456. The zero-order chi connectivity index (χ0) is 14.7. The number of rotatable bonds is 4. The average molecular weight is 403 g/mol. The lowest BCUT2D eigenvalue weighted by atomic mass is 10.1. The first kappa shape index (κ1) is 15.5. The van der Waals surface area contributed by atoms with Crippen molar-refractivity contribution < 1.29 is 9.13 Å². The van der Waals surface area contributed by atoms with E-state index in [1.54, 1.807) is 12.1 Å². The summed E-state index contributed by atoms with van der Waals surface area (Å²) in [7, 11) is 0. The molecule has 2 N–H and O–H groups in total. The van der Waals surface area contributed by atoms with Crippen LogP contribution in [-0.4, -0.2) is 0 Å². The second-order valence-corrected chi connectivity index (χ2v) is 6.28. The van der Waals surface area contributed by atoms with Crippen molar-refractivity contribution in [2.45, 2.75) is 19.6 Å². The van der Waals surface area contributed by atoms with E-state index < -0.39 is 0 Å². The van der Waals surface area contributed by atoms with Crippen LogP contribution < -0.4 is 10.5 Å². The number of hydrogen-bond donors (Lipinski definition) is 1. The van der Waals surface area contributed by atoms with Crippen molar-refractivity contribution in [1.29, 1.82) is 0 Å². The summed E-state index contributed by atoms with van der Waals surface area (Å²) in [5.41, 5.74) is 7.76. The SMILES string of the molecule is CC(N)c1cc(Br)ccc1OCc1ccc(F)c(Br)c1. The molecule has 2 nitrogen and oxygen atoms in total. The maximum atomic E-state index is 13.2. The maximum absolute atomic E-state index is 13.2. The van der Waals surface area contributed by atoms with E-state index in [1.807, 2.05) is 25.1 Å². The molecular formula is C15H14Br2FNO. The van der Waals surface area contributed by atoms with Crippen LogP contribution in [0.4, 0.5) is 4.39 Å². The van der Waals surface area contributed by atoms with Gasteiger partial charge in [-0.3, -0.25) is 0 Å². The predicted molar refractivity (Wildman–Crippen MR) is 85.2 cm³/mol. The highest BCUT2D eigenvalue weighted by molar-refractivity contribution is 9.10. The standard InChI is InChI=1S/C15H14Br2FNO/c1-9(19)12-7-11(16)3-5-15(12)20-8-10-2-4-14(18)13(17)6-10/h2-7,9H,8,19H2,1H3. The molecule has 106 valence electrons. The Morgan fingerprint density at radius 2 is 1.95 bits per heavy atom. The second kappa shape index (κ2) is 6.70. The van der Waals surface area contributed by atoms with Crippen molar-refractivity contribution in [2.24, 2.45) is 5.73 Å². The van der Waals surface area contributed by atoms with Gasteiger partial charge in [0.05, 0.1) is 4.47 Å². The smallest absolute Gasteiger partial charge is 0.137 e. The van der Waals surface area contributed by atoms with Crippen LogP contribution in [0.3, 0.4) is 0 Å². The Kier molecular flexibility index (Phi) is 5.18. The summed E-state index contributed by atoms with van der Waals surface area (Å²) in [4.78, 5) is 0. The molecule has 5 heteroatoms. The Hall–Kier alpha value is -0.910.